The van der Waals surface area contributed by atoms with Crippen LogP contribution in [0, 0.1) is 23.7 Å². The van der Waals surface area contributed by atoms with E-state index in [0.29, 0.717) is 0 Å². The lowest BCUT2D eigenvalue weighted by Gasteiger charge is -2.03. The van der Waals surface area contributed by atoms with Gasteiger partial charge in [0, 0.05) is 0 Å². The second-order valence-electron chi connectivity index (χ2n) is 3.76. The third-order valence-corrected chi connectivity index (χ3v) is 2.08. The van der Waals surface area contributed by atoms with E-state index < -0.39 is 0 Å². The van der Waals surface area contributed by atoms with Gasteiger partial charge in [0.1, 0.15) is 26.2 Å². The third kappa shape index (κ3) is 7.91. The molecule has 0 fully saturated rings. The van der Waals surface area contributed by atoms with Crippen molar-refractivity contribution in [1.29, 1.82) is 0 Å². The summed E-state index contributed by atoms with van der Waals surface area (Å²) in [6, 6.07) is 0. The number of hydrogen-bond acceptors (Lipinski definition) is 10. The largest absolute Gasteiger partial charge is 0.370 e. The van der Waals surface area contributed by atoms with Gasteiger partial charge in [-0.05, 0) is 0 Å². The van der Waals surface area contributed by atoms with Gasteiger partial charge < -0.3 is 22.9 Å². The van der Waals surface area contributed by atoms with Crippen LogP contribution in [0.5, 0.6) is 0 Å². The molecule has 0 unspecified atom stereocenters. The number of nitrogens with zero attached hydrogens (tertiary/aromatic N) is 4. The zero-order valence-electron chi connectivity index (χ0n) is 11.9. The van der Waals surface area contributed by atoms with Crippen molar-refractivity contribution in [2.45, 2.75) is 0 Å². The van der Waals surface area contributed by atoms with E-state index in [2.05, 4.69) is 54.3 Å². The summed E-state index contributed by atoms with van der Waals surface area (Å²) in [6.45, 7) is 0.771. The van der Waals surface area contributed by atoms with E-state index in [0.717, 1.165) is 0 Å². The standard InChI is InChI=1S/C12H18N10/c13-9-17-5-1-2-6-18-10(14)22-12(16)20-8-4-3-7-19-11(15)21-9/h5-8H2,(H5,13,15,17,19,21)(H5,14,16,18,20,22). The van der Waals surface area contributed by atoms with Crippen LogP contribution >= 0.6 is 0 Å². The van der Waals surface area contributed by atoms with Crippen LogP contribution in [0.15, 0.2) is 20.0 Å². The zero-order chi connectivity index (χ0) is 16.2. The summed E-state index contributed by atoms with van der Waals surface area (Å²) in [6.07, 6.45) is 0. The van der Waals surface area contributed by atoms with Gasteiger partial charge in [-0.15, -0.1) is 0 Å². The Hall–Kier alpha value is -3.40. The molecule has 0 spiro atoms. The predicted octanol–water partition coefficient (Wildman–Crippen LogP) is -3.56. The molecule has 0 aliphatic carbocycles. The molecule has 10 nitrogen and oxygen atoms in total. The Labute approximate surface area is 128 Å². The molecule has 1 heterocycles. The Balaban J connectivity index is 2.81. The molecular weight excluding hydrogens is 284 g/mol. The predicted molar refractivity (Wildman–Crippen MR) is 87.8 cm³/mol. The lowest BCUT2D eigenvalue weighted by molar-refractivity contribution is 1.12. The Morgan fingerprint density at radius 2 is 0.773 bits per heavy atom. The highest BCUT2D eigenvalue weighted by atomic mass is 15.2. The van der Waals surface area contributed by atoms with Crippen LogP contribution in [-0.4, -0.2) is 50.0 Å². The molecular formula is C12H18N10. The first kappa shape index (κ1) is 16.7. The molecule has 0 saturated heterocycles. The van der Waals surface area contributed by atoms with Crippen molar-refractivity contribution < 1.29 is 0 Å². The zero-order valence-corrected chi connectivity index (χ0v) is 11.9. The van der Waals surface area contributed by atoms with Gasteiger partial charge in [0.05, 0.1) is 0 Å². The molecule has 0 amide bonds. The van der Waals surface area contributed by atoms with Crippen molar-refractivity contribution in [2.24, 2.45) is 42.9 Å². The monoisotopic (exact) mass is 302 g/mol. The highest BCUT2D eigenvalue weighted by molar-refractivity contribution is 5.97. The summed E-state index contributed by atoms with van der Waals surface area (Å²) in [5, 5.41) is 5.23. The van der Waals surface area contributed by atoms with Gasteiger partial charge in [-0.1, -0.05) is 23.7 Å². The molecule has 10 N–H and O–H groups in total. The molecule has 0 aromatic heterocycles. The van der Waals surface area contributed by atoms with Crippen LogP contribution in [0.2, 0.25) is 0 Å². The van der Waals surface area contributed by atoms with E-state index in [9.17, 15) is 0 Å². The Kier molecular flexibility index (Phi) is 7.19. The average Bonchev–Trinajstić information content (AvgIpc) is 2.45. The molecule has 0 atom stereocenters. The van der Waals surface area contributed by atoms with Crippen LogP contribution in [0.4, 0.5) is 0 Å². The molecule has 1 aliphatic rings. The molecule has 0 radical (unpaired) electrons. The van der Waals surface area contributed by atoms with Crippen molar-refractivity contribution in [3.63, 3.8) is 0 Å². The average molecular weight is 302 g/mol. The maximum atomic E-state index is 5.60. The molecule has 10 heteroatoms. The summed E-state index contributed by atoms with van der Waals surface area (Å²) < 4.78 is 0. The minimum atomic E-state index is 0.117. The van der Waals surface area contributed by atoms with Crippen molar-refractivity contribution in [2.75, 3.05) is 26.2 Å². The normalized spacial score (nSPS) is 17.1. The molecule has 116 valence electrons. The summed E-state index contributed by atoms with van der Waals surface area (Å²) in [4.78, 5) is 15.8. The fourth-order valence-electron chi connectivity index (χ4n) is 1.14. The quantitative estimate of drug-likeness (QED) is 0.252. The van der Waals surface area contributed by atoms with Crippen molar-refractivity contribution in [3.8, 4) is 23.7 Å². The van der Waals surface area contributed by atoms with Gasteiger partial charge in [0.2, 0.25) is 0 Å². The summed E-state index contributed by atoms with van der Waals surface area (Å²) in [5.41, 5.74) is 22.4. The van der Waals surface area contributed by atoms with Crippen LogP contribution in [-0.2, 0) is 0 Å². The number of nitrogens with one attached hydrogen (secondary N) is 2. The lowest BCUT2D eigenvalue weighted by atomic mass is 10.5. The molecule has 22 heavy (non-hydrogen) atoms. The van der Waals surface area contributed by atoms with Crippen LogP contribution in [0.1, 0.15) is 0 Å². The van der Waals surface area contributed by atoms with Crippen LogP contribution in [0.25, 0.3) is 0 Å². The maximum Gasteiger partial charge on any atom is 0.196 e. The van der Waals surface area contributed by atoms with Crippen molar-refractivity contribution in [3.05, 3.63) is 0 Å². The fraction of sp³-hybridized carbons (Fsp3) is 0.333. The Bertz CT molecular complexity index is 516. The number of rotatable bonds is 0. The number of hydrogen-bond donors (Lipinski definition) is 6. The second-order valence-corrected chi connectivity index (χ2v) is 3.76. The van der Waals surface area contributed by atoms with E-state index in [1.165, 1.54) is 0 Å². The van der Waals surface area contributed by atoms with Gasteiger partial charge >= 0.3 is 0 Å². The topological polar surface area (TPSA) is 178 Å². The first-order chi connectivity index (χ1) is 10.6. The van der Waals surface area contributed by atoms with E-state index in [-0.39, 0.29) is 50.0 Å². The third-order valence-electron chi connectivity index (χ3n) is 2.08. The second kappa shape index (κ2) is 9.50. The number of guanidine groups is 4. The van der Waals surface area contributed by atoms with Gasteiger partial charge in [-0.2, -0.15) is 0 Å². The first-order valence-electron chi connectivity index (χ1n) is 6.23. The lowest BCUT2D eigenvalue weighted by Crippen LogP contribution is -2.42. The summed E-state index contributed by atoms with van der Waals surface area (Å²) in [7, 11) is 0. The molecule has 0 bridgehead atoms. The molecule has 0 aromatic carbocycles. The summed E-state index contributed by atoms with van der Waals surface area (Å²) >= 11 is 0. The van der Waals surface area contributed by atoms with Crippen LogP contribution < -0.4 is 33.6 Å². The van der Waals surface area contributed by atoms with Crippen molar-refractivity contribution >= 4 is 23.8 Å². The molecule has 1 rings (SSSR count). The van der Waals surface area contributed by atoms with Gasteiger partial charge in [0.15, 0.2) is 23.8 Å². The minimum Gasteiger partial charge on any atom is -0.370 e. The SMILES string of the molecule is NC1=NCC#CCN=C(N)NC(N)=NCC#CCN=C(N)N1. The van der Waals surface area contributed by atoms with E-state index >= 15 is 0 Å². The number of aliphatic imine (C=N–C) groups is 4. The Morgan fingerprint density at radius 3 is 1.00 bits per heavy atom. The van der Waals surface area contributed by atoms with Crippen LogP contribution in [0.3, 0.4) is 0 Å². The molecule has 1 aliphatic heterocycles. The highest BCUT2D eigenvalue weighted by Crippen LogP contribution is 1.75. The number of nitrogens with two attached hydrogens (primary N) is 4. The molecule has 0 saturated carbocycles. The molecule has 0 aromatic rings. The van der Waals surface area contributed by atoms with Crippen molar-refractivity contribution in [1.82, 2.24) is 10.6 Å². The Morgan fingerprint density at radius 1 is 0.545 bits per heavy atom. The van der Waals surface area contributed by atoms with Gasteiger partial charge in [0.25, 0.3) is 0 Å². The van der Waals surface area contributed by atoms with Gasteiger partial charge in [-0.3, -0.25) is 10.6 Å². The first-order valence-corrected chi connectivity index (χ1v) is 6.23. The van der Waals surface area contributed by atoms with Gasteiger partial charge in [-0.25, -0.2) is 20.0 Å². The fourth-order valence-corrected chi connectivity index (χ4v) is 1.14. The van der Waals surface area contributed by atoms with E-state index in [4.69, 9.17) is 22.9 Å². The minimum absolute atomic E-state index is 0.117. The van der Waals surface area contributed by atoms with E-state index in [1.54, 1.807) is 0 Å². The maximum absolute atomic E-state index is 5.60. The smallest absolute Gasteiger partial charge is 0.196 e. The van der Waals surface area contributed by atoms with E-state index in [1.807, 2.05) is 0 Å². The highest BCUT2D eigenvalue weighted by Gasteiger charge is 1.94. The summed E-state index contributed by atoms with van der Waals surface area (Å²) in [5.74, 6) is 11.5.